The molecule has 0 radical (unpaired) electrons. The number of aliphatic carboxylic acids is 2. The lowest BCUT2D eigenvalue weighted by Gasteiger charge is -2.32. The lowest BCUT2D eigenvalue weighted by atomic mass is 10.0. The summed E-state index contributed by atoms with van der Waals surface area (Å²) in [6.07, 6.45) is 3.09. The first kappa shape index (κ1) is 23.8. The number of hydrogen-bond donors (Lipinski definition) is 4. The van der Waals surface area contributed by atoms with Crippen molar-refractivity contribution >= 4 is 39.5 Å². The number of anilines is 1. The molecule has 10 nitrogen and oxygen atoms in total. The number of rotatable bonds is 4. The van der Waals surface area contributed by atoms with Crippen LogP contribution in [0.5, 0.6) is 5.75 Å². The molecule has 1 aromatic carbocycles. The number of fused-ring (bicyclic) bond motifs is 2. The molecule has 11 heteroatoms. The average molecular weight is 526 g/mol. The molecule has 1 aromatic rings. The smallest absolute Gasteiger partial charge is 0.414 e. The van der Waals surface area contributed by atoms with Crippen LogP contribution >= 0.6 is 15.9 Å². The topological polar surface area (TPSA) is 151 Å². The number of carboxylic acid groups (broad SMARTS) is 2. The first-order valence-electron chi connectivity index (χ1n) is 11.1. The molecule has 180 valence electrons. The molecular formula is C22H28BrN3O7. The van der Waals surface area contributed by atoms with Crippen LogP contribution in [0.2, 0.25) is 0 Å². The molecule has 33 heavy (non-hydrogen) atoms. The SMILES string of the molecule is Nc1c(Br)cc(C(=O)NCC2C3CN(C4CCOCC4)CC23)c2c1CCO2.O=C(O)C(=O)O. The molecule has 2 unspecified atom stereocenters. The Morgan fingerprint density at radius 1 is 1.12 bits per heavy atom. The Hall–Kier alpha value is -2.37. The predicted octanol–water partition coefficient (Wildman–Crippen LogP) is 1.21. The van der Waals surface area contributed by atoms with Gasteiger partial charge in [-0.1, -0.05) is 0 Å². The van der Waals surface area contributed by atoms with Crippen LogP contribution in [0.15, 0.2) is 10.5 Å². The normalized spacial score (nSPS) is 25.8. The van der Waals surface area contributed by atoms with Gasteiger partial charge in [0, 0.05) is 55.3 Å². The minimum Gasteiger partial charge on any atom is -0.492 e. The van der Waals surface area contributed by atoms with Crippen molar-refractivity contribution in [2.24, 2.45) is 17.8 Å². The summed E-state index contributed by atoms with van der Waals surface area (Å²) >= 11 is 3.47. The number of benzene rings is 1. The van der Waals surface area contributed by atoms with Crippen LogP contribution in [0.3, 0.4) is 0 Å². The number of nitrogens with one attached hydrogen (secondary N) is 1. The van der Waals surface area contributed by atoms with Crippen LogP contribution in [-0.2, 0) is 20.7 Å². The van der Waals surface area contributed by atoms with Crippen LogP contribution in [0.1, 0.15) is 28.8 Å². The van der Waals surface area contributed by atoms with E-state index in [1.807, 2.05) is 0 Å². The highest BCUT2D eigenvalue weighted by atomic mass is 79.9. The van der Waals surface area contributed by atoms with E-state index in [0.29, 0.717) is 35.6 Å². The Morgan fingerprint density at radius 3 is 2.36 bits per heavy atom. The van der Waals surface area contributed by atoms with Crippen LogP contribution < -0.4 is 15.8 Å². The van der Waals surface area contributed by atoms with E-state index in [1.54, 1.807) is 6.07 Å². The standard InChI is InChI=1S/C20H26BrN3O3.C2H2O4/c21-17-7-13(19-12(18(17)22)3-6-27-19)20(25)23-8-14-15-9-24(10-16(14)15)11-1-4-26-5-2-11;3-1(4)2(5)6/h7,11,14-16H,1-6,8-10,22H2,(H,23,25);(H,3,4)(H,5,6). The Kier molecular flexibility index (Phi) is 7.10. The van der Waals surface area contributed by atoms with Gasteiger partial charge in [-0.25, -0.2) is 9.59 Å². The molecule has 5 rings (SSSR count). The zero-order chi connectivity index (χ0) is 23.7. The summed E-state index contributed by atoms with van der Waals surface area (Å²) in [5.41, 5.74) is 8.33. The monoisotopic (exact) mass is 525 g/mol. The molecule has 3 aliphatic heterocycles. The minimum atomic E-state index is -1.82. The zero-order valence-electron chi connectivity index (χ0n) is 18.1. The van der Waals surface area contributed by atoms with Crippen LogP contribution in [0.25, 0.3) is 0 Å². The van der Waals surface area contributed by atoms with Crippen LogP contribution in [0, 0.1) is 17.8 Å². The summed E-state index contributed by atoms with van der Waals surface area (Å²) in [5.74, 6) is -0.933. The van der Waals surface area contributed by atoms with Crippen molar-refractivity contribution in [3.63, 3.8) is 0 Å². The van der Waals surface area contributed by atoms with Crippen molar-refractivity contribution in [3.05, 3.63) is 21.7 Å². The van der Waals surface area contributed by atoms with Crippen LogP contribution in [0.4, 0.5) is 5.69 Å². The third-order valence-electron chi connectivity index (χ3n) is 7.00. The highest BCUT2D eigenvalue weighted by Crippen LogP contribution is 2.52. The molecule has 1 amide bonds. The van der Waals surface area contributed by atoms with E-state index in [1.165, 1.54) is 13.1 Å². The quantitative estimate of drug-likeness (QED) is 0.335. The number of likely N-dealkylation sites (tertiary alicyclic amines) is 1. The first-order chi connectivity index (χ1) is 15.8. The molecule has 0 aromatic heterocycles. The molecule has 0 bridgehead atoms. The molecule has 0 spiro atoms. The van der Waals surface area contributed by atoms with Crippen molar-refractivity contribution < 1.29 is 34.1 Å². The fraction of sp³-hybridized carbons (Fsp3) is 0.591. The van der Waals surface area contributed by atoms with Gasteiger partial charge in [-0.15, -0.1) is 0 Å². The number of nitrogens with two attached hydrogens (primary N) is 1. The van der Waals surface area contributed by atoms with Gasteiger partial charge >= 0.3 is 11.9 Å². The second kappa shape index (κ2) is 9.86. The van der Waals surface area contributed by atoms with Gasteiger partial charge in [0.15, 0.2) is 0 Å². The summed E-state index contributed by atoms with van der Waals surface area (Å²) in [7, 11) is 0. The number of carbonyl (C=O) groups excluding carboxylic acids is 1. The fourth-order valence-electron chi connectivity index (χ4n) is 5.17. The maximum Gasteiger partial charge on any atom is 0.414 e. The van der Waals surface area contributed by atoms with Gasteiger partial charge in [-0.05, 0) is 52.6 Å². The maximum absolute atomic E-state index is 12.8. The van der Waals surface area contributed by atoms with Gasteiger partial charge < -0.3 is 30.7 Å². The summed E-state index contributed by atoms with van der Waals surface area (Å²) in [6, 6.07) is 2.49. The first-order valence-corrected chi connectivity index (χ1v) is 11.9. The van der Waals surface area contributed by atoms with E-state index >= 15 is 0 Å². The third-order valence-corrected chi connectivity index (χ3v) is 7.66. The Labute approximate surface area is 199 Å². The molecule has 1 aliphatic carbocycles. The number of nitrogens with zero attached hydrogens (tertiary/aromatic N) is 1. The highest BCUT2D eigenvalue weighted by molar-refractivity contribution is 9.10. The van der Waals surface area contributed by atoms with Gasteiger partial charge in [0.05, 0.1) is 17.9 Å². The summed E-state index contributed by atoms with van der Waals surface area (Å²) in [4.78, 5) is 33.6. The van der Waals surface area contributed by atoms with E-state index in [4.69, 9.17) is 35.0 Å². The van der Waals surface area contributed by atoms with Crippen molar-refractivity contribution in [1.82, 2.24) is 10.2 Å². The summed E-state index contributed by atoms with van der Waals surface area (Å²) in [6.45, 7) is 5.51. The second-order valence-electron chi connectivity index (χ2n) is 8.84. The lowest BCUT2D eigenvalue weighted by molar-refractivity contribution is -0.159. The largest absolute Gasteiger partial charge is 0.492 e. The molecule has 4 aliphatic rings. The summed E-state index contributed by atoms with van der Waals surface area (Å²) < 4.78 is 11.9. The van der Waals surface area contributed by atoms with Crippen molar-refractivity contribution in [3.8, 4) is 5.75 Å². The number of carboxylic acids is 2. The summed E-state index contributed by atoms with van der Waals surface area (Å²) in [5, 5.41) is 17.9. The Bertz CT molecular complexity index is 926. The molecule has 2 atom stereocenters. The number of hydrogen-bond acceptors (Lipinski definition) is 7. The zero-order valence-corrected chi connectivity index (χ0v) is 19.7. The number of ether oxygens (including phenoxy) is 2. The molecule has 3 fully saturated rings. The van der Waals surface area contributed by atoms with E-state index in [-0.39, 0.29) is 5.91 Å². The van der Waals surface area contributed by atoms with E-state index in [2.05, 4.69) is 26.1 Å². The molecule has 1 saturated carbocycles. The third kappa shape index (κ3) is 5.10. The average Bonchev–Trinajstić information content (AvgIpc) is 3.17. The number of nitrogen functional groups attached to an aromatic ring is 1. The van der Waals surface area contributed by atoms with Crippen molar-refractivity contribution in [2.75, 3.05) is 45.2 Å². The van der Waals surface area contributed by atoms with E-state index in [0.717, 1.165) is 60.9 Å². The fourth-order valence-corrected chi connectivity index (χ4v) is 5.64. The van der Waals surface area contributed by atoms with Gasteiger partial charge in [0.2, 0.25) is 0 Å². The molecule has 2 saturated heterocycles. The van der Waals surface area contributed by atoms with Gasteiger partial charge in [0.25, 0.3) is 5.91 Å². The van der Waals surface area contributed by atoms with Crippen molar-refractivity contribution in [2.45, 2.75) is 25.3 Å². The van der Waals surface area contributed by atoms with E-state index in [9.17, 15) is 4.79 Å². The molecule has 5 N–H and O–H groups in total. The predicted molar refractivity (Wildman–Crippen MR) is 121 cm³/mol. The Morgan fingerprint density at radius 2 is 1.76 bits per heavy atom. The van der Waals surface area contributed by atoms with Crippen LogP contribution in [-0.4, -0.2) is 78.5 Å². The number of carbonyl (C=O) groups is 3. The molecular weight excluding hydrogens is 498 g/mol. The van der Waals surface area contributed by atoms with Gasteiger partial charge in [0.1, 0.15) is 5.75 Å². The number of amides is 1. The van der Waals surface area contributed by atoms with E-state index < -0.39 is 11.9 Å². The van der Waals surface area contributed by atoms with Gasteiger partial charge in [-0.3, -0.25) is 9.69 Å². The number of piperidine rings is 1. The Balaban J connectivity index is 0.000000385. The lowest BCUT2D eigenvalue weighted by Crippen LogP contribution is -2.40. The molecule has 3 heterocycles. The minimum absolute atomic E-state index is 0.0555. The highest BCUT2D eigenvalue weighted by Gasteiger charge is 2.56. The second-order valence-corrected chi connectivity index (χ2v) is 9.69. The van der Waals surface area contributed by atoms with Crippen molar-refractivity contribution in [1.29, 1.82) is 0 Å². The van der Waals surface area contributed by atoms with Gasteiger partial charge in [-0.2, -0.15) is 0 Å². The maximum atomic E-state index is 12.8. The number of halogens is 1.